The van der Waals surface area contributed by atoms with Gasteiger partial charge in [0.1, 0.15) is 6.20 Å². The van der Waals surface area contributed by atoms with E-state index >= 15 is 0 Å². The van der Waals surface area contributed by atoms with Crippen molar-refractivity contribution in [3.05, 3.63) is 16.3 Å². The number of morpholine rings is 1. The predicted molar refractivity (Wildman–Crippen MR) is 71.5 cm³/mol. The molecule has 1 saturated heterocycles. The van der Waals surface area contributed by atoms with Gasteiger partial charge in [-0.05, 0) is 6.92 Å². The first-order chi connectivity index (χ1) is 9.51. The summed E-state index contributed by atoms with van der Waals surface area (Å²) >= 11 is 0. The van der Waals surface area contributed by atoms with E-state index in [0.717, 1.165) is 6.20 Å². The largest absolute Gasteiger partial charge is 0.382 e. The minimum Gasteiger partial charge on any atom is -0.382 e. The highest BCUT2D eigenvalue weighted by Gasteiger charge is 2.28. The number of anilines is 2. The van der Waals surface area contributed by atoms with Crippen molar-refractivity contribution in [2.24, 2.45) is 0 Å². The SMILES string of the molecule is COCC1CN(c2ncc([N+](=O)[O-])c(N)n2)CC(C)O1. The standard InChI is InChI=1S/C11H17N5O4/c1-7-4-15(5-8(20-7)6-19-2)11-13-3-9(16(17)18)10(12)14-11/h3,7-8H,4-6H2,1-2H3,(H2,12,13,14). The second-order valence-corrected chi connectivity index (χ2v) is 4.63. The van der Waals surface area contributed by atoms with Crippen LogP contribution < -0.4 is 10.6 Å². The molecule has 20 heavy (non-hydrogen) atoms. The van der Waals surface area contributed by atoms with Crippen molar-refractivity contribution >= 4 is 17.5 Å². The van der Waals surface area contributed by atoms with Crippen LogP contribution in [0.15, 0.2) is 6.20 Å². The number of rotatable bonds is 4. The lowest BCUT2D eigenvalue weighted by Gasteiger charge is -2.36. The van der Waals surface area contributed by atoms with E-state index < -0.39 is 4.92 Å². The molecule has 0 spiro atoms. The summed E-state index contributed by atoms with van der Waals surface area (Å²) in [5.74, 6) is 0.229. The summed E-state index contributed by atoms with van der Waals surface area (Å²) in [5.41, 5.74) is 5.29. The average Bonchev–Trinajstić information content (AvgIpc) is 2.37. The second kappa shape index (κ2) is 5.97. The van der Waals surface area contributed by atoms with Crippen molar-refractivity contribution in [2.45, 2.75) is 19.1 Å². The minimum atomic E-state index is -0.602. The number of nitrogens with two attached hydrogens (primary N) is 1. The number of nitrogens with zero attached hydrogens (tertiary/aromatic N) is 4. The molecule has 2 N–H and O–H groups in total. The lowest BCUT2D eigenvalue weighted by atomic mass is 10.2. The molecule has 2 heterocycles. The van der Waals surface area contributed by atoms with E-state index in [1.54, 1.807) is 7.11 Å². The van der Waals surface area contributed by atoms with Gasteiger partial charge >= 0.3 is 5.69 Å². The van der Waals surface area contributed by atoms with Gasteiger partial charge in [0, 0.05) is 20.2 Å². The van der Waals surface area contributed by atoms with E-state index in [4.69, 9.17) is 15.2 Å². The van der Waals surface area contributed by atoms with Crippen molar-refractivity contribution in [1.82, 2.24) is 9.97 Å². The van der Waals surface area contributed by atoms with Crippen molar-refractivity contribution in [3.63, 3.8) is 0 Å². The zero-order valence-electron chi connectivity index (χ0n) is 11.4. The lowest BCUT2D eigenvalue weighted by Crippen LogP contribution is -2.49. The highest BCUT2D eigenvalue weighted by molar-refractivity contribution is 5.53. The molecule has 110 valence electrons. The zero-order valence-corrected chi connectivity index (χ0v) is 11.4. The Bertz CT molecular complexity index is 498. The van der Waals surface area contributed by atoms with Crippen LogP contribution in [0.2, 0.25) is 0 Å². The number of methoxy groups -OCH3 is 1. The van der Waals surface area contributed by atoms with Gasteiger partial charge in [-0.2, -0.15) is 4.98 Å². The number of nitro groups is 1. The number of hydrogen-bond donors (Lipinski definition) is 1. The molecule has 9 nitrogen and oxygen atoms in total. The summed E-state index contributed by atoms with van der Waals surface area (Å²) in [6.45, 7) is 3.54. The van der Waals surface area contributed by atoms with E-state index in [1.807, 2.05) is 11.8 Å². The molecule has 0 aromatic carbocycles. The molecule has 1 aromatic heterocycles. The first-order valence-electron chi connectivity index (χ1n) is 6.17. The summed E-state index contributed by atoms with van der Waals surface area (Å²) in [6.07, 6.45) is 1.02. The van der Waals surface area contributed by atoms with Crippen molar-refractivity contribution in [1.29, 1.82) is 0 Å². The summed E-state index contributed by atoms with van der Waals surface area (Å²) in [5, 5.41) is 10.7. The quantitative estimate of drug-likeness (QED) is 0.615. The molecule has 0 saturated carbocycles. The number of ether oxygens (including phenoxy) is 2. The molecule has 1 fully saturated rings. The summed E-state index contributed by atoms with van der Waals surface area (Å²) in [6, 6.07) is 0. The van der Waals surface area contributed by atoms with Gasteiger partial charge in [-0.15, -0.1) is 0 Å². The van der Waals surface area contributed by atoms with Crippen molar-refractivity contribution in [2.75, 3.05) is 37.4 Å². The molecular weight excluding hydrogens is 266 g/mol. The topological polar surface area (TPSA) is 117 Å². The Morgan fingerprint density at radius 3 is 3.00 bits per heavy atom. The summed E-state index contributed by atoms with van der Waals surface area (Å²) in [4.78, 5) is 20.0. The van der Waals surface area contributed by atoms with Crippen LogP contribution in [0.3, 0.4) is 0 Å². The van der Waals surface area contributed by atoms with Crippen LogP contribution in [0, 0.1) is 10.1 Å². The van der Waals surface area contributed by atoms with Gasteiger partial charge in [-0.25, -0.2) is 4.98 Å². The molecule has 0 amide bonds. The highest BCUT2D eigenvalue weighted by Crippen LogP contribution is 2.22. The van der Waals surface area contributed by atoms with Crippen molar-refractivity contribution < 1.29 is 14.4 Å². The number of aromatic nitrogens is 2. The first-order valence-corrected chi connectivity index (χ1v) is 6.17. The smallest absolute Gasteiger partial charge is 0.329 e. The highest BCUT2D eigenvalue weighted by atomic mass is 16.6. The zero-order chi connectivity index (χ0) is 14.7. The Labute approximate surface area is 115 Å². The molecule has 1 aromatic rings. The van der Waals surface area contributed by atoms with Crippen LogP contribution in [0.5, 0.6) is 0 Å². The molecule has 0 aliphatic carbocycles. The third-order valence-electron chi connectivity index (χ3n) is 2.94. The van der Waals surface area contributed by atoms with Crippen LogP contribution in [0.25, 0.3) is 0 Å². The van der Waals surface area contributed by atoms with Gasteiger partial charge in [0.15, 0.2) is 0 Å². The maximum atomic E-state index is 10.7. The predicted octanol–water partition coefficient (Wildman–Crippen LogP) is 0.207. The van der Waals surface area contributed by atoms with Gasteiger partial charge in [-0.3, -0.25) is 10.1 Å². The molecule has 1 aliphatic rings. The van der Waals surface area contributed by atoms with Gasteiger partial charge in [0.25, 0.3) is 0 Å². The second-order valence-electron chi connectivity index (χ2n) is 4.63. The fraction of sp³-hybridized carbons (Fsp3) is 0.636. The normalized spacial score (nSPS) is 22.8. The molecule has 2 atom stereocenters. The van der Waals surface area contributed by atoms with Crippen LogP contribution in [-0.4, -0.2) is 53.9 Å². The Hall–Kier alpha value is -2.00. The van der Waals surface area contributed by atoms with E-state index in [-0.39, 0.29) is 23.7 Å². The number of hydrogen-bond acceptors (Lipinski definition) is 8. The van der Waals surface area contributed by atoms with E-state index in [2.05, 4.69) is 9.97 Å². The first kappa shape index (κ1) is 14.4. The van der Waals surface area contributed by atoms with Gasteiger partial charge in [0.2, 0.25) is 11.8 Å². The van der Waals surface area contributed by atoms with Gasteiger partial charge < -0.3 is 20.1 Å². The minimum absolute atomic E-state index is 0.0103. The Kier molecular flexibility index (Phi) is 4.30. The van der Waals surface area contributed by atoms with E-state index in [9.17, 15) is 10.1 Å². The molecular formula is C11H17N5O4. The van der Waals surface area contributed by atoms with Crippen molar-refractivity contribution in [3.8, 4) is 0 Å². The molecule has 2 unspecified atom stereocenters. The van der Waals surface area contributed by atoms with Crippen LogP contribution in [0.1, 0.15) is 6.92 Å². The third kappa shape index (κ3) is 3.11. The van der Waals surface area contributed by atoms with Gasteiger partial charge in [0.05, 0.1) is 23.7 Å². The fourth-order valence-electron chi connectivity index (χ4n) is 2.16. The molecule has 1 aliphatic heterocycles. The summed E-state index contributed by atoms with van der Waals surface area (Å²) < 4.78 is 10.8. The van der Waals surface area contributed by atoms with Crippen LogP contribution in [-0.2, 0) is 9.47 Å². The fourth-order valence-corrected chi connectivity index (χ4v) is 2.16. The van der Waals surface area contributed by atoms with Crippen LogP contribution >= 0.6 is 0 Å². The monoisotopic (exact) mass is 283 g/mol. The molecule has 0 bridgehead atoms. The molecule has 0 radical (unpaired) electrons. The third-order valence-corrected chi connectivity index (χ3v) is 2.94. The Morgan fingerprint density at radius 1 is 1.65 bits per heavy atom. The summed E-state index contributed by atoms with van der Waals surface area (Å²) in [7, 11) is 1.60. The molecule has 2 rings (SSSR count). The van der Waals surface area contributed by atoms with Crippen LogP contribution in [0.4, 0.5) is 17.5 Å². The Balaban J connectivity index is 2.18. The van der Waals surface area contributed by atoms with Gasteiger partial charge in [-0.1, -0.05) is 0 Å². The Morgan fingerprint density at radius 2 is 2.40 bits per heavy atom. The van der Waals surface area contributed by atoms with E-state index in [1.165, 1.54) is 0 Å². The maximum absolute atomic E-state index is 10.7. The van der Waals surface area contributed by atoms with E-state index in [0.29, 0.717) is 25.6 Å². The lowest BCUT2D eigenvalue weighted by molar-refractivity contribution is -0.384. The average molecular weight is 283 g/mol. The number of nitrogen functional groups attached to an aromatic ring is 1. The maximum Gasteiger partial charge on any atom is 0.329 e. The molecule has 9 heteroatoms.